The second kappa shape index (κ2) is 4.84. The van der Waals surface area contributed by atoms with Crippen molar-refractivity contribution in [2.24, 2.45) is 17.1 Å². The van der Waals surface area contributed by atoms with Gasteiger partial charge in [0, 0.05) is 12.0 Å². The van der Waals surface area contributed by atoms with E-state index in [1.807, 2.05) is 6.92 Å². The lowest BCUT2D eigenvalue weighted by atomic mass is 9.74. The molecule has 2 atom stereocenters. The van der Waals surface area contributed by atoms with Gasteiger partial charge in [-0.15, -0.1) is 0 Å². The Morgan fingerprint density at radius 1 is 1.25 bits per heavy atom. The van der Waals surface area contributed by atoms with Gasteiger partial charge in [-0.2, -0.15) is 0 Å². The smallest absolute Gasteiger partial charge is 0.145 e. The summed E-state index contributed by atoms with van der Waals surface area (Å²) in [6.45, 7) is 3.04. The number of Topliss-reactive ketones (excluding diaryl/α,β-unsaturated/α-hetero) is 1. The molecule has 2 N–H and O–H groups in total. The fourth-order valence-corrected chi connectivity index (χ4v) is 2.95. The minimum absolute atomic E-state index is 0.108. The summed E-state index contributed by atoms with van der Waals surface area (Å²) < 4.78 is 5.37. The molecule has 1 saturated heterocycles. The van der Waals surface area contributed by atoms with Gasteiger partial charge in [0.2, 0.25) is 0 Å². The van der Waals surface area contributed by atoms with E-state index < -0.39 is 5.41 Å². The molecule has 0 radical (unpaired) electrons. The molecule has 1 heterocycles. The van der Waals surface area contributed by atoms with Crippen LogP contribution in [0.1, 0.15) is 45.4 Å². The second-order valence-electron chi connectivity index (χ2n) is 5.59. The molecule has 0 aromatic carbocycles. The molecule has 1 aliphatic carbocycles. The van der Waals surface area contributed by atoms with Gasteiger partial charge in [0.25, 0.3) is 0 Å². The maximum Gasteiger partial charge on any atom is 0.145 e. The van der Waals surface area contributed by atoms with Crippen molar-refractivity contribution in [2.75, 3.05) is 13.2 Å². The first kappa shape index (κ1) is 12.1. The standard InChI is InChI=1S/C13H23NO2/c1-13(9-16-8-11(13)14)12(15)10-6-4-2-3-5-7-10/h10-11H,2-9,14H2,1H3. The van der Waals surface area contributed by atoms with E-state index in [1.54, 1.807) is 0 Å². The average Bonchev–Trinajstić information content (AvgIpc) is 2.53. The Labute approximate surface area is 97.7 Å². The highest BCUT2D eigenvalue weighted by atomic mass is 16.5. The molecule has 0 aromatic rings. The van der Waals surface area contributed by atoms with Crippen LogP contribution in [0.3, 0.4) is 0 Å². The third kappa shape index (κ3) is 2.16. The maximum atomic E-state index is 12.5. The number of carbonyl (C=O) groups excluding carboxylic acids is 1. The lowest BCUT2D eigenvalue weighted by Crippen LogP contribution is -2.47. The Morgan fingerprint density at radius 2 is 1.88 bits per heavy atom. The molecule has 3 heteroatoms. The van der Waals surface area contributed by atoms with Crippen molar-refractivity contribution in [3.63, 3.8) is 0 Å². The highest BCUT2D eigenvalue weighted by Crippen LogP contribution is 2.35. The van der Waals surface area contributed by atoms with Gasteiger partial charge in [0.05, 0.1) is 18.6 Å². The highest BCUT2D eigenvalue weighted by Gasteiger charge is 2.46. The van der Waals surface area contributed by atoms with E-state index in [0.29, 0.717) is 19.0 Å². The van der Waals surface area contributed by atoms with Crippen molar-refractivity contribution in [3.8, 4) is 0 Å². The molecule has 0 spiro atoms. The lowest BCUT2D eigenvalue weighted by Gasteiger charge is -2.29. The second-order valence-corrected chi connectivity index (χ2v) is 5.59. The van der Waals surface area contributed by atoms with E-state index in [4.69, 9.17) is 10.5 Å². The monoisotopic (exact) mass is 225 g/mol. The summed E-state index contributed by atoms with van der Waals surface area (Å²) in [6.07, 6.45) is 7.07. The van der Waals surface area contributed by atoms with Crippen molar-refractivity contribution in [1.82, 2.24) is 0 Å². The molecule has 0 bridgehead atoms. The first-order valence-electron chi connectivity index (χ1n) is 6.52. The van der Waals surface area contributed by atoms with Crippen molar-refractivity contribution >= 4 is 5.78 Å². The topological polar surface area (TPSA) is 52.3 Å². The minimum atomic E-state index is -0.422. The summed E-state index contributed by atoms with van der Waals surface area (Å²) in [5.74, 6) is 0.597. The number of rotatable bonds is 2. The fourth-order valence-electron chi connectivity index (χ4n) is 2.95. The number of nitrogens with two attached hydrogens (primary N) is 1. The van der Waals surface area contributed by atoms with Crippen LogP contribution < -0.4 is 5.73 Å². The number of ketones is 1. The number of ether oxygens (including phenoxy) is 1. The summed E-state index contributed by atoms with van der Waals surface area (Å²) in [4.78, 5) is 12.5. The molecule has 1 saturated carbocycles. The Balaban J connectivity index is 2.05. The predicted octanol–water partition coefficient (Wildman–Crippen LogP) is 1.89. The van der Waals surface area contributed by atoms with E-state index in [2.05, 4.69) is 0 Å². The van der Waals surface area contributed by atoms with Crippen LogP contribution in [0.25, 0.3) is 0 Å². The summed E-state index contributed by atoms with van der Waals surface area (Å²) in [5, 5.41) is 0. The van der Waals surface area contributed by atoms with Gasteiger partial charge in [-0.3, -0.25) is 4.79 Å². The number of carbonyl (C=O) groups is 1. The molecule has 92 valence electrons. The highest BCUT2D eigenvalue weighted by molar-refractivity contribution is 5.88. The van der Waals surface area contributed by atoms with Crippen molar-refractivity contribution < 1.29 is 9.53 Å². The van der Waals surface area contributed by atoms with Gasteiger partial charge in [0.1, 0.15) is 5.78 Å². The van der Waals surface area contributed by atoms with Crippen molar-refractivity contribution in [2.45, 2.75) is 51.5 Å². The Morgan fingerprint density at radius 3 is 2.38 bits per heavy atom. The molecule has 2 aliphatic rings. The lowest BCUT2D eigenvalue weighted by molar-refractivity contribution is -0.133. The molecular weight excluding hydrogens is 202 g/mol. The van der Waals surface area contributed by atoms with Gasteiger partial charge in [-0.1, -0.05) is 25.7 Å². The quantitative estimate of drug-likeness (QED) is 0.730. The van der Waals surface area contributed by atoms with Gasteiger partial charge in [-0.05, 0) is 19.8 Å². The first-order valence-corrected chi connectivity index (χ1v) is 6.52. The first-order chi connectivity index (χ1) is 7.64. The molecule has 0 amide bonds. The maximum absolute atomic E-state index is 12.5. The van der Waals surface area contributed by atoms with Crippen LogP contribution in [0.4, 0.5) is 0 Å². The summed E-state index contributed by atoms with van der Waals surface area (Å²) in [5.41, 5.74) is 5.59. The van der Waals surface area contributed by atoms with E-state index in [0.717, 1.165) is 12.8 Å². The number of hydrogen-bond acceptors (Lipinski definition) is 3. The predicted molar refractivity (Wildman–Crippen MR) is 63.1 cm³/mol. The Bertz CT molecular complexity index is 259. The molecule has 2 unspecified atom stereocenters. The molecule has 2 fully saturated rings. The summed E-state index contributed by atoms with van der Waals surface area (Å²) in [7, 11) is 0. The van der Waals surface area contributed by atoms with Crippen LogP contribution >= 0.6 is 0 Å². The van der Waals surface area contributed by atoms with Gasteiger partial charge in [0.15, 0.2) is 0 Å². The summed E-state index contributed by atoms with van der Waals surface area (Å²) in [6, 6.07) is -0.108. The van der Waals surface area contributed by atoms with Crippen LogP contribution in [-0.2, 0) is 9.53 Å². The van der Waals surface area contributed by atoms with E-state index in [9.17, 15) is 4.79 Å². The molecule has 3 nitrogen and oxygen atoms in total. The van der Waals surface area contributed by atoms with Crippen LogP contribution in [0.15, 0.2) is 0 Å². The molecule has 16 heavy (non-hydrogen) atoms. The third-order valence-electron chi connectivity index (χ3n) is 4.31. The Hall–Kier alpha value is -0.410. The molecule has 2 rings (SSSR count). The zero-order valence-corrected chi connectivity index (χ0v) is 10.2. The van der Waals surface area contributed by atoms with Crippen LogP contribution in [0.2, 0.25) is 0 Å². The van der Waals surface area contributed by atoms with Gasteiger partial charge in [-0.25, -0.2) is 0 Å². The van der Waals surface area contributed by atoms with Gasteiger partial charge < -0.3 is 10.5 Å². The fraction of sp³-hybridized carbons (Fsp3) is 0.923. The third-order valence-corrected chi connectivity index (χ3v) is 4.31. The van der Waals surface area contributed by atoms with Gasteiger partial charge >= 0.3 is 0 Å². The van der Waals surface area contributed by atoms with Crippen LogP contribution in [0.5, 0.6) is 0 Å². The number of hydrogen-bond donors (Lipinski definition) is 1. The van der Waals surface area contributed by atoms with Crippen LogP contribution in [0, 0.1) is 11.3 Å². The van der Waals surface area contributed by atoms with E-state index in [1.165, 1.54) is 25.7 Å². The Kier molecular flexibility index (Phi) is 3.65. The molecule has 1 aliphatic heterocycles. The van der Waals surface area contributed by atoms with Crippen molar-refractivity contribution in [3.05, 3.63) is 0 Å². The zero-order valence-electron chi connectivity index (χ0n) is 10.2. The minimum Gasteiger partial charge on any atom is -0.379 e. The normalized spacial score (nSPS) is 37.2. The van der Waals surface area contributed by atoms with E-state index in [-0.39, 0.29) is 12.0 Å². The molecular formula is C13H23NO2. The zero-order chi connectivity index (χ0) is 11.6. The average molecular weight is 225 g/mol. The SMILES string of the molecule is CC1(C(=O)C2CCCCCC2)COCC1N. The van der Waals surface area contributed by atoms with Crippen molar-refractivity contribution in [1.29, 1.82) is 0 Å². The summed E-state index contributed by atoms with van der Waals surface area (Å²) >= 11 is 0. The van der Waals surface area contributed by atoms with E-state index >= 15 is 0 Å². The molecule has 0 aromatic heterocycles. The van der Waals surface area contributed by atoms with Crippen LogP contribution in [-0.4, -0.2) is 25.0 Å². The largest absolute Gasteiger partial charge is 0.379 e.